The molecular weight excluding hydrogens is 487 g/mol. The van der Waals surface area contributed by atoms with E-state index in [0.717, 1.165) is 30.4 Å². The molecule has 0 fully saturated rings. The minimum absolute atomic E-state index is 0.0293. The first-order valence-corrected chi connectivity index (χ1v) is 10.8. The molecule has 12 heteroatoms. The van der Waals surface area contributed by atoms with E-state index in [2.05, 4.69) is 10.6 Å². The molecule has 1 aliphatic rings. The highest BCUT2D eigenvalue weighted by molar-refractivity contribution is 6.04. The smallest absolute Gasteiger partial charge is 0.395 e. The average Bonchev–Trinajstić information content (AvgIpc) is 2.77. The van der Waals surface area contributed by atoms with Crippen LogP contribution in [0.1, 0.15) is 32.8 Å². The maximum Gasteiger partial charge on any atom is 0.395 e. The Labute approximate surface area is 204 Å². The summed E-state index contributed by atoms with van der Waals surface area (Å²) in [7, 11) is 0. The molecule has 1 aromatic rings. The molecule has 1 aliphatic carbocycles. The van der Waals surface area contributed by atoms with Crippen LogP contribution >= 0.6 is 0 Å². The SMILES string of the molecule is CC(NC(=O)C(O)C1=CCC(C(F)(F)F)C=C1)C(=O)NC(=[NH2+])C=C(N)C(C)(C)c1cc(F)cc(F)c1. The number of amides is 2. The molecule has 0 aliphatic heterocycles. The molecule has 0 heterocycles. The number of allylic oxidation sites excluding steroid dienone is 3. The van der Waals surface area contributed by atoms with Gasteiger partial charge in [0, 0.05) is 23.3 Å². The molecule has 3 unspecified atom stereocenters. The van der Waals surface area contributed by atoms with Crippen LogP contribution in [-0.2, 0) is 15.0 Å². The Hall–Kier alpha value is -3.54. The fourth-order valence-corrected chi connectivity index (χ4v) is 3.31. The van der Waals surface area contributed by atoms with Gasteiger partial charge in [0.1, 0.15) is 17.7 Å². The van der Waals surface area contributed by atoms with Crippen LogP contribution in [0.2, 0.25) is 0 Å². The normalized spacial score (nSPS) is 18.2. The highest BCUT2D eigenvalue weighted by Gasteiger charge is 2.38. The van der Waals surface area contributed by atoms with Crippen molar-refractivity contribution in [2.45, 2.75) is 50.9 Å². The summed E-state index contributed by atoms with van der Waals surface area (Å²) in [5.41, 5.74) is 5.27. The number of carbonyl (C=O) groups is 2. The molecule has 0 saturated heterocycles. The third-order valence-electron chi connectivity index (χ3n) is 5.75. The number of benzene rings is 1. The largest absolute Gasteiger partial charge is 0.401 e. The number of hydrogen-bond acceptors (Lipinski definition) is 4. The molecule has 0 aromatic heterocycles. The molecule has 196 valence electrons. The van der Waals surface area contributed by atoms with Gasteiger partial charge >= 0.3 is 12.1 Å². The van der Waals surface area contributed by atoms with Crippen molar-refractivity contribution >= 4 is 17.6 Å². The lowest BCUT2D eigenvalue weighted by Gasteiger charge is -2.26. The Morgan fingerprint density at radius 3 is 2.25 bits per heavy atom. The molecule has 0 saturated carbocycles. The van der Waals surface area contributed by atoms with Gasteiger partial charge in [-0.2, -0.15) is 13.2 Å². The second kappa shape index (κ2) is 11.0. The van der Waals surface area contributed by atoms with Gasteiger partial charge in [0.25, 0.3) is 11.7 Å². The number of carbonyl (C=O) groups excluding carboxylic acids is 2. The van der Waals surface area contributed by atoms with Crippen LogP contribution in [0.3, 0.4) is 0 Å². The van der Waals surface area contributed by atoms with E-state index in [4.69, 9.17) is 11.1 Å². The summed E-state index contributed by atoms with van der Waals surface area (Å²) in [6, 6.07) is 1.75. The number of nitrogens with two attached hydrogens (primary N) is 2. The third-order valence-corrected chi connectivity index (χ3v) is 5.75. The van der Waals surface area contributed by atoms with Crippen LogP contribution in [-0.4, -0.2) is 41.1 Å². The number of hydrogen-bond donors (Lipinski definition) is 5. The number of aliphatic hydroxyl groups is 1. The molecule has 36 heavy (non-hydrogen) atoms. The number of halogens is 5. The molecular formula is C24H28F5N4O3+. The van der Waals surface area contributed by atoms with Crippen molar-refractivity contribution in [3.63, 3.8) is 0 Å². The predicted octanol–water partition coefficient (Wildman–Crippen LogP) is 1.29. The van der Waals surface area contributed by atoms with Crippen molar-refractivity contribution in [2.24, 2.45) is 11.7 Å². The minimum atomic E-state index is -4.44. The van der Waals surface area contributed by atoms with Gasteiger partial charge in [-0.1, -0.05) is 32.1 Å². The minimum Gasteiger partial charge on any atom is -0.401 e. The van der Waals surface area contributed by atoms with Gasteiger partial charge in [-0.15, -0.1) is 0 Å². The highest BCUT2D eigenvalue weighted by atomic mass is 19.4. The molecule has 7 nitrogen and oxygen atoms in total. The topological polar surface area (TPSA) is 130 Å². The Morgan fingerprint density at radius 1 is 1.17 bits per heavy atom. The molecule has 1 aromatic carbocycles. The van der Waals surface area contributed by atoms with Crippen molar-refractivity contribution in [2.75, 3.05) is 0 Å². The molecule has 0 radical (unpaired) electrons. The molecule has 2 amide bonds. The van der Waals surface area contributed by atoms with Crippen LogP contribution in [0.4, 0.5) is 22.0 Å². The zero-order chi connectivity index (χ0) is 27.4. The Balaban J connectivity index is 1.98. The molecule has 3 atom stereocenters. The number of aliphatic hydroxyl groups excluding tert-OH is 1. The maximum absolute atomic E-state index is 13.6. The van der Waals surface area contributed by atoms with Crippen LogP contribution in [0, 0.1) is 17.6 Å². The lowest BCUT2D eigenvalue weighted by Crippen LogP contribution is -2.56. The average molecular weight is 516 g/mol. The van der Waals surface area contributed by atoms with E-state index in [1.807, 2.05) is 0 Å². The number of nitrogens with one attached hydrogen (secondary N) is 2. The van der Waals surface area contributed by atoms with Crippen molar-refractivity contribution in [3.8, 4) is 0 Å². The van der Waals surface area contributed by atoms with Gasteiger partial charge in [0.2, 0.25) is 0 Å². The quantitative estimate of drug-likeness (QED) is 0.213. The van der Waals surface area contributed by atoms with Crippen LogP contribution in [0.25, 0.3) is 0 Å². The highest BCUT2D eigenvalue weighted by Crippen LogP contribution is 2.33. The summed E-state index contributed by atoms with van der Waals surface area (Å²) >= 11 is 0. The lowest BCUT2D eigenvalue weighted by atomic mass is 9.81. The van der Waals surface area contributed by atoms with E-state index in [1.165, 1.54) is 13.0 Å². The second-order valence-corrected chi connectivity index (χ2v) is 8.91. The molecule has 0 spiro atoms. The van der Waals surface area contributed by atoms with Gasteiger partial charge in [-0.05, 0) is 36.6 Å². The number of alkyl halides is 3. The standard InChI is InChI=1S/C24H27F5N4O3/c1-12(32-22(36)20(34)13-4-6-14(7-5-13)24(27,28)29)21(35)33-19(31)11-18(30)23(2,3)15-8-16(25)10-17(26)9-15/h4-6,8-12,14,20,34H,7,30H2,1-3H3,(H,32,36)(H2,31,33,35)/p+1. The second-order valence-electron chi connectivity index (χ2n) is 8.91. The van der Waals surface area contributed by atoms with Gasteiger partial charge in [-0.25, -0.2) is 18.9 Å². The summed E-state index contributed by atoms with van der Waals surface area (Å²) in [5.74, 6) is -5.28. The Morgan fingerprint density at radius 2 is 1.75 bits per heavy atom. The first kappa shape index (κ1) is 28.7. The molecule has 2 rings (SSSR count). The van der Waals surface area contributed by atoms with E-state index in [1.54, 1.807) is 13.8 Å². The summed E-state index contributed by atoms with van der Waals surface area (Å²) < 4.78 is 65.4. The Kier molecular flexibility index (Phi) is 8.79. The first-order valence-electron chi connectivity index (χ1n) is 10.8. The van der Waals surface area contributed by atoms with Crippen LogP contribution in [0.5, 0.6) is 0 Å². The van der Waals surface area contributed by atoms with Gasteiger partial charge in [0.15, 0.2) is 6.10 Å². The van der Waals surface area contributed by atoms with E-state index in [-0.39, 0.29) is 22.7 Å². The van der Waals surface area contributed by atoms with Crippen molar-refractivity contribution in [1.29, 1.82) is 0 Å². The maximum atomic E-state index is 13.6. The predicted molar refractivity (Wildman–Crippen MR) is 122 cm³/mol. The summed E-state index contributed by atoms with van der Waals surface area (Å²) in [6.07, 6.45) is -2.47. The Bertz CT molecular complexity index is 1100. The zero-order valence-electron chi connectivity index (χ0n) is 19.8. The van der Waals surface area contributed by atoms with Gasteiger partial charge in [0.05, 0.1) is 5.92 Å². The van der Waals surface area contributed by atoms with Crippen LogP contribution < -0.4 is 21.8 Å². The zero-order valence-corrected chi connectivity index (χ0v) is 19.8. The fourth-order valence-electron chi connectivity index (χ4n) is 3.31. The third kappa shape index (κ3) is 7.23. The van der Waals surface area contributed by atoms with E-state index in [0.29, 0.717) is 6.07 Å². The number of rotatable bonds is 7. The lowest BCUT2D eigenvalue weighted by molar-refractivity contribution is -0.160. The van der Waals surface area contributed by atoms with E-state index in [9.17, 15) is 36.6 Å². The van der Waals surface area contributed by atoms with Gasteiger partial charge < -0.3 is 16.2 Å². The molecule has 7 N–H and O–H groups in total. The molecule has 0 bridgehead atoms. The van der Waals surface area contributed by atoms with Crippen molar-refractivity contribution in [3.05, 3.63) is 71.0 Å². The van der Waals surface area contributed by atoms with Crippen molar-refractivity contribution in [1.82, 2.24) is 10.6 Å². The summed E-state index contributed by atoms with van der Waals surface area (Å²) in [6.45, 7) is 4.49. The van der Waals surface area contributed by atoms with Gasteiger partial charge in [-0.3, -0.25) is 10.2 Å². The summed E-state index contributed by atoms with van der Waals surface area (Å²) in [4.78, 5) is 24.7. The summed E-state index contributed by atoms with van der Waals surface area (Å²) in [5, 5.41) is 20.5. The van der Waals surface area contributed by atoms with Crippen molar-refractivity contribution < 1.29 is 42.1 Å². The van der Waals surface area contributed by atoms with Crippen LogP contribution in [0.15, 0.2) is 53.8 Å². The van der Waals surface area contributed by atoms with E-state index >= 15 is 0 Å². The number of amidine groups is 1. The monoisotopic (exact) mass is 515 g/mol. The fraction of sp³-hybridized carbons (Fsp3) is 0.375. The van der Waals surface area contributed by atoms with E-state index < -0.39 is 59.5 Å². The first-order chi connectivity index (χ1) is 16.5.